The number of hydrogen-bond acceptors (Lipinski definition) is 4. The highest BCUT2D eigenvalue weighted by molar-refractivity contribution is 9.10. The normalized spacial score (nSPS) is 9.93. The van der Waals surface area contributed by atoms with E-state index in [0.29, 0.717) is 11.6 Å². The van der Waals surface area contributed by atoms with E-state index in [0.717, 1.165) is 10.2 Å². The van der Waals surface area contributed by atoms with Crippen LogP contribution in [0.2, 0.25) is 0 Å². The van der Waals surface area contributed by atoms with Crippen LogP contribution in [-0.2, 0) is 0 Å². The molecule has 0 aliphatic heterocycles. The standard InChI is InChI=1S/C10H9BrN4/c11-7-1-3-8(4-2-7)14-10-6-13-5-9(12)15-10/h1-6H,(H3,12,14,15). The van der Waals surface area contributed by atoms with Crippen LogP contribution in [0, 0.1) is 0 Å². The van der Waals surface area contributed by atoms with E-state index in [2.05, 4.69) is 31.2 Å². The van der Waals surface area contributed by atoms with Crippen LogP contribution in [0.15, 0.2) is 41.1 Å². The maximum absolute atomic E-state index is 5.52. The predicted octanol–water partition coefficient (Wildman–Crippen LogP) is 2.56. The summed E-state index contributed by atoms with van der Waals surface area (Å²) in [5.41, 5.74) is 6.46. The lowest BCUT2D eigenvalue weighted by Crippen LogP contribution is -1.97. The molecule has 0 atom stereocenters. The van der Waals surface area contributed by atoms with Crippen molar-refractivity contribution >= 4 is 33.3 Å². The first kappa shape index (κ1) is 9.92. The van der Waals surface area contributed by atoms with E-state index in [4.69, 9.17) is 5.73 Å². The average molecular weight is 265 g/mol. The number of aromatic nitrogens is 2. The van der Waals surface area contributed by atoms with Crippen molar-refractivity contribution in [3.8, 4) is 0 Å². The topological polar surface area (TPSA) is 63.8 Å². The van der Waals surface area contributed by atoms with Crippen LogP contribution in [-0.4, -0.2) is 9.97 Å². The summed E-state index contributed by atoms with van der Waals surface area (Å²) in [6.07, 6.45) is 3.13. The minimum atomic E-state index is 0.400. The Bertz CT molecular complexity index is 455. The number of hydrogen-bond donors (Lipinski definition) is 2. The summed E-state index contributed by atoms with van der Waals surface area (Å²) < 4.78 is 1.03. The van der Waals surface area contributed by atoms with Gasteiger partial charge in [0.15, 0.2) is 5.82 Å². The van der Waals surface area contributed by atoms with Gasteiger partial charge < -0.3 is 11.1 Å². The minimum absolute atomic E-state index is 0.400. The van der Waals surface area contributed by atoms with Crippen molar-refractivity contribution in [1.29, 1.82) is 0 Å². The minimum Gasteiger partial charge on any atom is -0.382 e. The first-order valence-electron chi connectivity index (χ1n) is 4.34. The van der Waals surface area contributed by atoms with Crippen LogP contribution < -0.4 is 11.1 Å². The lowest BCUT2D eigenvalue weighted by atomic mass is 10.3. The molecule has 1 heterocycles. The Balaban J connectivity index is 2.18. The summed E-state index contributed by atoms with van der Waals surface area (Å²) in [5, 5.41) is 3.10. The second kappa shape index (κ2) is 4.27. The van der Waals surface area contributed by atoms with Crippen LogP contribution in [0.4, 0.5) is 17.3 Å². The summed E-state index contributed by atoms with van der Waals surface area (Å²) >= 11 is 3.37. The Labute approximate surface area is 95.7 Å². The molecule has 0 saturated heterocycles. The van der Waals surface area contributed by atoms with Crippen molar-refractivity contribution in [3.63, 3.8) is 0 Å². The molecule has 0 aliphatic carbocycles. The molecule has 76 valence electrons. The molecule has 15 heavy (non-hydrogen) atoms. The Morgan fingerprint density at radius 1 is 1.13 bits per heavy atom. The third-order valence-corrected chi connectivity index (χ3v) is 2.30. The number of nitrogens with one attached hydrogen (secondary N) is 1. The molecule has 0 radical (unpaired) electrons. The molecule has 2 rings (SSSR count). The van der Waals surface area contributed by atoms with Crippen molar-refractivity contribution in [1.82, 2.24) is 9.97 Å². The fourth-order valence-corrected chi connectivity index (χ4v) is 1.39. The third-order valence-electron chi connectivity index (χ3n) is 1.77. The van der Waals surface area contributed by atoms with Gasteiger partial charge in [-0.2, -0.15) is 0 Å². The SMILES string of the molecule is Nc1cncc(Nc2ccc(Br)cc2)n1. The summed E-state index contributed by atoms with van der Waals surface area (Å²) in [4.78, 5) is 8.02. The Morgan fingerprint density at radius 3 is 2.53 bits per heavy atom. The number of nitrogens with zero attached hydrogens (tertiary/aromatic N) is 2. The number of nitrogens with two attached hydrogens (primary N) is 1. The van der Waals surface area contributed by atoms with Crippen molar-refractivity contribution in [2.24, 2.45) is 0 Å². The smallest absolute Gasteiger partial charge is 0.151 e. The molecular weight excluding hydrogens is 256 g/mol. The number of rotatable bonds is 2. The third kappa shape index (κ3) is 2.66. The summed E-state index contributed by atoms with van der Waals surface area (Å²) in [5.74, 6) is 1.04. The van der Waals surface area contributed by atoms with Gasteiger partial charge in [0.2, 0.25) is 0 Å². The molecule has 2 aromatic rings. The van der Waals surface area contributed by atoms with Crippen LogP contribution in [0.5, 0.6) is 0 Å². The zero-order valence-corrected chi connectivity index (χ0v) is 9.40. The predicted molar refractivity (Wildman–Crippen MR) is 63.9 cm³/mol. The molecular formula is C10H9BrN4. The van der Waals surface area contributed by atoms with Gasteiger partial charge in [0.1, 0.15) is 5.82 Å². The van der Waals surface area contributed by atoms with Crippen LogP contribution in [0.3, 0.4) is 0 Å². The Kier molecular flexibility index (Phi) is 2.82. The zero-order valence-electron chi connectivity index (χ0n) is 7.81. The van der Waals surface area contributed by atoms with Gasteiger partial charge in [-0.1, -0.05) is 15.9 Å². The molecule has 0 bridgehead atoms. The van der Waals surface area contributed by atoms with E-state index in [1.165, 1.54) is 6.20 Å². The van der Waals surface area contributed by atoms with Crippen molar-refractivity contribution < 1.29 is 0 Å². The number of anilines is 3. The fourth-order valence-electron chi connectivity index (χ4n) is 1.12. The number of nitrogen functional groups attached to an aromatic ring is 1. The molecule has 0 fully saturated rings. The highest BCUT2D eigenvalue weighted by Gasteiger charge is 1.96. The van der Waals surface area contributed by atoms with Gasteiger partial charge in [-0.05, 0) is 24.3 Å². The van der Waals surface area contributed by atoms with Gasteiger partial charge in [-0.3, -0.25) is 4.98 Å². The van der Waals surface area contributed by atoms with E-state index in [-0.39, 0.29) is 0 Å². The van der Waals surface area contributed by atoms with Gasteiger partial charge >= 0.3 is 0 Å². The van der Waals surface area contributed by atoms with Gasteiger partial charge in [-0.25, -0.2) is 4.98 Å². The van der Waals surface area contributed by atoms with Gasteiger partial charge in [0, 0.05) is 10.2 Å². The van der Waals surface area contributed by atoms with Crippen LogP contribution >= 0.6 is 15.9 Å². The first-order chi connectivity index (χ1) is 7.24. The molecule has 1 aromatic heterocycles. The molecule has 1 aromatic carbocycles. The monoisotopic (exact) mass is 264 g/mol. The van der Waals surface area contributed by atoms with Crippen molar-refractivity contribution in [3.05, 3.63) is 41.1 Å². The second-order valence-corrected chi connectivity index (χ2v) is 3.88. The Morgan fingerprint density at radius 2 is 1.87 bits per heavy atom. The number of halogens is 1. The molecule has 0 aliphatic rings. The molecule has 0 amide bonds. The highest BCUT2D eigenvalue weighted by atomic mass is 79.9. The zero-order chi connectivity index (χ0) is 10.7. The molecule has 3 N–H and O–H groups in total. The van der Waals surface area contributed by atoms with E-state index in [9.17, 15) is 0 Å². The first-order valence-corrected chi connectivity index (χ1v) is 5.13. The molecule has 0 unspecified atom stereocenters. The van der Waals surface area contributed by atoms with Gasteiger partial charge in [0.05, 0.1) is 12.4 Å². The molecule has 0 saturated carbocycles. The summed E-state index contributed by atoms with van der Waals surface area (Å²) in [7, 11) is 0. The quantitative estimate of drug-likeness (QED) is 0.875. The lowest BCUT2D eigenvalue weighted by Gasteiger charge is -2.05. The van der Waals surface area contributed by atoms with Crippen molar-refractivity contribution in [2.75, 3.05) is 11.1 Å². The molecule has 4 nitrogen and oxygen atoms in total. The van der Waals surface area contributed by atoms with Crippen LogP contribution in [0.25, 0.3) is 0 Å². The van der Waals surface area contributed by atoms with Gasteiger partial charge in [-0.15, -0.1) is 0 Å². The summed E-state index contributed by atoms with van der Waals surface area (Å²) in [6.45, 7) is 0. The highest BCUT2D eigenvalue weighted by Crippen LogP contribution is 2.17. The molecule has 0 spiro atoms. The van der Waals surface area contributed by atoms with Gasteiger partial charge in [0.25, 0.3) is 0 Å². The number of benzene rings is 1. The van der Waals surface area contributed by atoms with E-state index < -0.39 is 0 Å². The van der Waals surface area contributed by atoms with Crippen LogP contribution in [0.1, 0.15) is 0 Å². The fraction of sp³-hybridized carbons (Fsp3) is 0. The lowest BCUT2D eigenvalue weighted by molar-refractivity contribution is 1.21. The van der Waals surface area contributed by atoms with E-state index in [1.54, 1.807) is 6.20 Å². The van der Waals surface area contributed by atoms with E-state index in [1.807, 2.05) is 24.3 Å². The van der Waals surface area contributed by atoms with E-state index >= 15 is 0 Å². The second-order valence-electron chi connectivity index (χ2n) is 2.96. The maximum Gasteiger partial charge on any atom is 0.151 e. The maximum atomic E-state index is 5.52. The van der Waals surface area contributed by atoms with Crippen molar-refractivity contribution in [2.45, 2.75) is 0 Å². The Hall–Kier alpha value is -1.62. The largest absolute Gasteiger partial charge is 0.382 e. The molecule has 5 heteroatoms. The average Bonchev–Trinajstić information content (AvgIpc) is 2.22. The summed E-state index contributed by atoms with van der Waals surface area (Å²) in [6, 6.07) is 7.77.